The average molecular weight is 274 g/mol. The molecule has 0 radical (unpaired) electrons. The molecule has 3 nitrogen and oxygen atoms in total. The van der Waals surface area contributed by atoms with E-state index in [1.54, 1.807) is 0 Å². The molecule has 3 heterocycles. The lowest BCUT2D eigenvalue weighted by molar-refractivity contribution is -0.149. The topological polar surface area (TPSA) is 27.7 Å². The molecule has 0 amide bonds. The van der Waals surface area contributed by atoms with Crippen molar-refractivity contribution in [3.8, 4) is 11.5 Å². The van der Waals surface area contributed by atoms with Crippen LogP contribution in [0, 0.1) is 0 Å². The molecule has 0 aliphatic carbocycles. The third-order valence-electron chi connectivity index (χ3n) is 4.97. The van der Waals surface area contributed by atoms with Crippen LogP contribution in [0.2, 0.25) is 0 Å². The van der Waals surface area contributed by atoms with Crippen LogP contribution in [0.15, 0.2) is 12.1 Å². The minimum atomic E-state index is -0.0620. The van der Waals surface area contributed by atoms with Gasteiger partial charge in [-0.1, -0.05) is 19.8 Å². The summed E-state index contributed by atoms with van der Waals surface area (Å²) in [5, 5.41) is 0. The third-order valence-corrected chi connectivity index (χ3v) is 4.97. The minimum Gasteiger partial charge on any atom is -0.454 e. The van der Waals surface area contributed by atoms with Crippen LogP contribution in [0.25, 0.3) is 0 Å². The Labute approximate surface area is 120 Å². The average Bonchev–Trinajstić information content (AvgIpc) is 2.91. The van der Waals surface area contributed by atoms with Gasteiger partial charge < -0.3 is 14.2 Å². The Bertz CT molecular complexity index is 525. The molecule has 1 aromatic carbocycles. The molecule has 0 N–H and O–H groups in total. The van der Waals surface area contributed by atoms with Crippen LogP contribution in [0.5, 0.6) is 11.5 Å². The van der Waals surface area contributed by atoms with Crippen LogP contribution in [0.4, 0.5) is 0 Å². The van der Waals surface area contributed by atoms with Gasteiger partial charge in [0.25, 0.3) is 0 Å². The van der Waals surface area contributed by atoms with E-state index in [0.717, 1.165) is 30.8 Å². The molecule has 0 saturated carbocycles. The molecule has 20 heavy (non-hydrogen) atoms. The van der Waals surface area contributed by atoms with Crippen molar-refractivity contribution < 1.29 is 14.2 Å². The van der Waals surface area contributed by atoms with E-state index in [2.05, 4.69) is 19.1 Å². The predicted molar refractivity (Wildman–Crippen MR) is 76.2 cm³/mol. The van der Waals surface area contributed by atoms with Crippen LogP contribution >= 0.6 is 0 Å². The second-order valence-electron chi connectivity index (χ2n) is 6.30. The normalized spacial score (nSPS) is 30.1. The lowest BCUT2D eigenvalue weighted by Gasteiger charge is -2.47. The van der Waals surface area contributed by atoms with E-state index < -0.39 is 0 Å². The van der Waals surface area contributed by atoms with Crippen LogP contribution in [0.1, 0.15) is 56.6 Å². The van der Waals surface area contributed by atoms with Crippen molar-refractivity contribution in [1.29, 1.82) is 0 Å². The van der Waals surface area contributed by atoms with Crippen LogP contribution in [-0.4, -0.2) is 12.9 Å². The van der Waals surface area contributed by atoms with Gasteiger partial charge in [-0.25, -0.2) is 0 Å². The van der Waals surface area contributed by atoms with Gasteiger partial charge in [0.2, 0.25) is 6.79 Å². The second-order valence-corrected chi connectivity index (χ2v) is 6.30. The fraction of sp³-hybridized carbons (Fsp3) is 0.647. The van der Waals surface area contributed by atoms with E-state index in [0.29, 0.717) is 12.9 Å². The fourth-order valence-corrected chi connectivity index (χ4v) is 4.00. The number of ether oxygens (including phenoxy) is 3. The van der Waals surface area contributed by atoms with E-state index in [-0.39, 0.29) is 5.60 Å². The summed E-state index contributed by atoms with van der Waals surface area (Å²) in [4.78, 5) is 0. The number of hydrogen-bond acceptors (Lipinski definition) is 3. The largest absolute Gasteiger partial charge is 0.454 e. The summed E-state index contributed by atoms with van der Waals surface area (Å²) in [5.41, 5.74) is 2.72. The maximum absolute atomic E-state index is 6.50. The van der Waals surface area contributed by atoms with Crippen molar-refractivity contribution in [2.24, 2.45) is 0 Å². The van der Waals surface area contributed by atoms with Gasteiger partial charge in [0, 0.05) is 0 Å². The summed E-state index contributed by atoms with van der Waals surface area (Å²) in [6.45, 7) is 2.60. The first kappa shape index (κ1) is 12.5. The predicted octanol–water partition coefficient (Wildman–Crippen LogP) is 3.93. The number of rotatable bonds is 3. The monoisotopic (exact) mass is 274 g/mol. The van der Waals surface area contributed by atoms with Crippen LogP contribution < -0.4 is 9.47 Å². The zero-order valence-corrected chi connectivity index (χ0v) is 12.1. The summed E-state index contributed by atoms with van der Waals surface area (Å²) >= 11 is 0. The Morgan fingerprint density at radius 1 is 1.25 bits per heavy atom. The Balaban J connectivity index is 1.79. The lowest BCUT2D eigenvalue weighted by atomic mass is 9.74. The van der Waals surface area contributed by atoms with Gasteiger partial charge in [0.05, 0.1) is 11.7 Å². The Morgan fingerprint density at radius 2 is 2.10 bits per heavy atom. The van der Waals surface area contributed by atoms with Crippen molar-refractivity contribution in [3.63, 3.8) is 0 Å². The van der Waals surface area contributed by atoms with Gasteiger partial charge in [-0.15, -0.1) is 0 Å². The highest BCUT2D eigenvalue weighted by atomic mass is 16.7. The standard InChI is InChI=1S/C17H22O3/c1-2-3-6-17-7-4-5-13(20-17)8-12-9-15-16(10-14(12)17)19-11-18-15/h9-10,13H,2-8,11H2,1H3/t13-,17+/m1/s1. The third kappa shape index (κ3) is 1.83. The zero-order valence-electron chi connectivity index (χ0n) is 12.1. The van der Waals surface area contributed by atoms with Gasteiger partial charge in [0.1, 0.15) is 0 Å². The molecule has 3 aliphatic heterocycles. The molecule has 0 spiro atoms. The fourth-order valence-electron chi connectivity index (χ4n) is 4.00. The number of fused-ring (bicyclic) bond motifs is 5. The molecule has 108 valence electrons. The molecule has 4 rings (SSSR count). The van der Waals surface area contributed by atoms with E-state index in [9.17, 15) is 0 Å². The number of benzene rings is 1. The Kier molecular flexibility index (Phi) is 2.92. The first-order valence-corrected chi connectivity index (χ1v) is 7.91. The highest BCUT2D eigenvalue weighted by molar-refractivity contribution is 5.51. The second kappa shape index (κ2) is 4.66. The molecule has 1 saturated heterocycles. The first-order valence-electron chi connectivity index (χ1n) is 7.91. The van der Waals surface area contributed by atoms with Gasteiger partial charge in [0.15, 0.2) is 11.5 Å². The summed E-state index contributed by atoms with van der Waals surface area (Å²) < 4.78 is 17.6. The van der Waals surface area contributed by atoms with Crippen molar-refractivity contribution >= 4 is 0 Å². The van der Waals surface area contributed by atoms with E-state index in [1.807, 2.05) is 0 Å². The lowest BCUT2D eigenvalue weighted by Crippen LogP contribution is -2.44. The summed E-state index contributed by atoms with van der Waals surface area (Å²) in [5.74, 6) is 1.81. The molecule has 1 aromatic rings. The molecule has 1 fully saturated rings. The smallest absolute Gasteiger partial charge is 0.231 e. The van der Waals surface area contributed by atoms with Gasteiger partial charge >= 0.3 is 0 Å². The molecular weight excluding hydrogens is 252 g/mol. The molecule has 3 aliphatic rings. The molecular formula is C17H22O3. The summed E-state index contributed by atoms with van der Waals surface area (Å²) in [6, 6.07) is 4.38. The molecule has 0 aromatic heterocycles. The zero-order chi connectivity index (χ0) is 13.6. The van der Waals surface area contributed by atoms with Crippen LogP contribution in [0.3, 0.4) is 0 Å². The maximum Gasteiger partial charge on any atom is 0.231 e. The SMILES string of the molecule is CCCC[C@]12CCC[C@H](Cc3cc4c(cc31)OCO4)O2. The van der Waals surface area contributed by atoms with Crippen molar-refractivity contribution in [1.82, 2.24) is 0 Å². The van der Waals surface area contributed by atoms with E-state index in [1.165, 1.54) is 36.8 Å². The highest BCUT2D eigenvalue weighted by Crippen LogP contribution is 2.50. The number of unbranched alkanes of at least 4 members (excludes halogenated alkanes) is 1. The minimum absolute atomic E-state index is 0.0620. The van der Waals surface area contributed by atoms with Gasteiger partial charge in [-0.3, -0.25) is 0 Å². The quantitative estimate of drug-likeness (QED) is 0.836. The van der Waals surface area contributed by atoms with Crippen molar-refractivity contribution in [2.75, 3.05) is 6.79 Å². The molecule has 2 bridgehead atoms. The molecule has 2 atom stereocenters. The van der Waals surface area contributed by atoms with E-state index in [4.69, 9.17) is 14.2 Å². The molecule has 3 heteroatoms. The maximum atomic E-state index is 6.50. The summed E-state index contributed by atoms with van der Waals surface area (Å²) in [7, 11) is 0. The van der Waals surface area contributed by atoms with Crippen LogP contribution in [-0.2, 0) is 16.8 Å². The van der Waals surface area contributed by atoms with Gasteiger partial charge in [-0.05, 0) is 55.4 Å². The Hall–Kier alpha value is -1.22. The van der Waals surface area contributed by atoms with Crippen molar-refractivity contribution in [3.05, 3.63) is 23.3 Å². The van der Waals surface area contributed by atoms with E-state index >= 15 is 0 Å². The summed E-state index contributed by atoms with van der Waals surface area (Å²) in [6.07, 6.45) is 8.62. The number of hydrogen-bond donors (Lipinski definition) is 0. The highest BCUT2D eigenvalue weighted by Gasteiger charge is 2.44. The Morgan fingerprint density at radius 3 is 2.95 bits per heavy atom. The van der Waals surface area contributed by atoms with Gasteiger partial charge in [-0.2, -0.15) is 0 Å². The van der Waals surface area contributed by atoms with Crippen molar-refractivity contribution in [2.45, 2.75) is 63.6 Å². The first-order chi connectivity index (χ1) is 9.81. The molecule has 0 unspecified atom stereocenters.